The van der Waals surface area contributed by atoms with Gasteiger partial charge in [0.25, 0.3) is 0 Å². The molecule has 4 rings (SSSR count). The molecule has 3 heterocycles. The number of nitrogens with one attached hydrogen (secondary N) is 2. The van der Waals surface area contributed by atoms with Crippen molar-refractivity contribution in [1.82, 2.24) is 14.9 Å². The first kappa shape index (κ1) is 24.2. The van der Waals surface area contributed by atoms with Gasteiger partial charge < -0.3 is 24.8 Å². The number of thiocarbonyl (C=S) groups is 1. The third-order valence-electron chi connectivity index (χ3n) is 5.71. The van der Waals surface area contributed by atoms with Gasteiger partial charge in [-0.3, -0.25) is 9.78 Å². The molecule has 0 bridgehead atoms. The maximum absolute atomic E-state index is 11.9. The van der Waals surface area contributed by atoms with E-state index >= 15 is 0 Å². The average Bonchev–Trinajstić information content (AvgIpc) is 3.41. The van der Waals surface area contributed by atoms with E-state index in [2.05, 4.69) is 64.3 Å². The summed E-state index contributed by atoms with van der Waals surface area (Å²) < 4.78 is 7.07. The third kappa shape index (κ3) is 4.94. The molecule has 1 aliphatic heterocycles. The zero-order valence-corrected chi connectivity index (χ0v) is 21.2. The molecule has 7 nitrogen and oxygen atoms in total. The highest BCUT2D eigenvalue weighted by Gasteiger charge is 2.41. The molecule has 1 amide bonds. The van der Waals surface area contributed by atoms with Crippen LogP contribution >= 0.6 is 23.8 Å². The van der Waals surface area contributed by atoms with Crippen LogP contribution in [0.25, 0.3) is 0 Å². The second kappa shape index (κ2) is 9.74. The summed E-state index contributed by atoms with van der Waals surface area (Å²) in [4.78, 5) is 18.6. The maximum Gasteiger partial charge on any atom is 0.250 e. The molecule has 3 aromatic rings. The van der Waals surface area contributed by atoms with E-state index in [1.165, 1.54) is 7.11 Å². The molecular formula is C25H28ClN5O2S. The molecule has 2 N–H and O–H groups in total. The zero-order chi connectivity index (χ0) is 24.5. The first-order valence-corrected chi connectivity index (χ1v) is 11.7. The number of amides is 1. The van der Waals surface area contributed by atoms with E-state index in [4.69, 9.17) is 28.6 Å². The highest BCUT2D eigenvalue weighted by molar-refractivity contribution is 7.80. The molecule has 0 aliphatic carbocycles. The molecule has 2 aromatic heterocycles. The van der Waals surface area contributed by atoms with E-state index in [0.717, 1.165) is 16.9 Å². The third-order valence-corrected chi connectivity index (χ3v) is 6.34. The molecule has 34 heavy (non-hydrogen) atoms. The largest absolute Gasteiger partial charge is 0.375 e. The molecule has 0 unspecified atom stereocenters. The minimum atomic E-state index is -0.271. The molecule has 9 heteroatoms. The Morgan fingerprint density at radius 2 is 2.06 bits per heavy atom. The van der Waals surface area contributed by atoms with Gasteiger partial charge in [0, 0.05) is 36.9 Å². The first-order valence-electron chi connectivity index (χ1n) is 11.0. The lowest BCUT2D eigenvalue weighted by atomic mass is 9.98. The van der Waals surface area contributed by atoms with E-state index < -0.39 is 0 Å². The number of halogens is 1. The molecule has 0 radical (unpaired) electrons. The summed E-state index contributed by atoms with van der Waals surface area (Å²) in [6, 6.07) is 13.2. The van der Waals surface area contributed by atoms with Crippen molar-refractivity contribution in [2.45, 2.75) is 38.4 Å². The van der Waals surface area contributed by atoms with Gasteiger partial charge >= 0.3 is 0 Å². The number of carbonyl (C=O) groups is 1. The van der Waals surface area contributed by atoms with Crippen LogP contribution in [0.5, 0.6) is 0 Å². The lowest BCUT2D eigenvalue weighted by molar-refractivity contribution is -0.119. The summed E-state index contributed by atoms with van der Waals surface area (Å²) in [6.07, 6.45) is 6.03. The van der Waals surface area contributed by atoms with Crippen molar-refractivity contribution < 1.29 is 9.53 Å². The SMILES string of the molecule is COCC(=O)Nc1ccc(N2C(=S)N[C@H](c3ccccn3)[C@H]2c2ccn(C(C)(C)C)c2)cc1Cl. The Morgan fingerprint density at radius 1 is 1.26 bits per heavy atom. The van der Waals surface area contributed by atoms with E-state index in [1.807, 2.05) is 30.3 Å². The standard InChI is InChI=1S/C25H28ClN5O2S/c1-25(2,3)30-12-10-16(14-30)23-22(20-7-5-6-11-27-20)29-24(34)31(23)17-8-9-19(18(26)13-17)28-21(32)15-33-4/h5-14,22-23H,15H2,1-4H3,(H,28,32)(H,29,34)/t22-,23-/m1/s1. The number of nitrogens with zero attached hydrogens (tertiary/aromatic N) is 3. The normalized spacial score (nSPS) is 18.1. The Morgan fingerprint density at radius 3 is 2.68 bits per heavy atom. The highest BCUT2D eigenvalue weighted by atomic mass is 35.5. The number of benzene rings is 1. The number of aromatic nitrogens is 2. The molecule has 1 fully saturated rings. The molecule has 1 aromatic carbocycles. The molecule has 178 valence electrons. The Bertz CT molecular complexity index is 1190. The predicted molar refractivity (Wildman–Crippen MR) is 139 cm³/mol. The average molecular weight is 498 g/mol. The van der Waals surface area contributed by atoms with Crippen LogP contribution in [0.3, 0.4) is 0 Å². The van der Waals surface area contributed by atoms with Crippen molar-refractivity contribution >= 4 is 46.2 Å². The summed E-state index contributed by atoms with van der Waals surface area (Å²) in [7, 11) is 1.47. The summed E-state index contributed by atoms with van der Waals surface area (Å²) in [5.41, 5.74) is 3.28. The predicted octanol–water partition coefficient (Wildman–Crippen LogP) is 5.05. The second-order valence-electron chi connectivity index (χ2n) is 9.16. The van der Waals surface area contributed by atoms with Crippen LogP contribution in [0, 0.1) is 0 Å². The number of methoxy groups -OCH3 is 1. The van der Waals surface area contributed by atoms with Crippen molar-refractivity contribution in [3.8, 4) is 0 Å². The number of ether oxygens (including phenoxy) is 1. The fourth-order valence-corrected chi connectivity index (χ4v) is 4.62. The Hall–Kier alpha value is -2.94. The van der Waals surface area contributed by atoms with Gasteiger partial charge in [-0.05, 0) is 75.0 Å². The van der Waals surface area contributed by atoms with Gasteiger partial charge in [-0.1, -0.05) is 17.7 Å². The maximum atomic E-state index is 11.9. The number of anilines is 2. The van der Waals surface area contributed by atoms with Crippen molar-refractivity contribution in [2.75, 3.05) is 23.9 Å². The quantitative estimate of drug-likeness (QED) is 0.464. The lowest BCUT2D eigenvalue weighted by Crippen LogP contribution is -2.29. The Balaban J connectivity index is 1.74. The van der Waals surface area contributed by atoms with Crippen LogP contribution in [0.4, 0.5) is 11.4 Å². The Labute approximate surface area is 210 Å². The topological polar surface area (TPSA) is 71.4 Å². The van der Waals surface area contributed by atoms with Crippen molar-refractivity contribution in [1.29, 1.82) is 0 Å². The number of pyridine rings is 1. The van der Waals surface area contributed by atoms with E-state index in [-0.39, 0.29) is 30.1 Å². The fourth-order valence-electron chi connectivity index (χ4n) is 4.05. The van der Waals surface area contributed by atoms with Gasteiger partial charge in [0.1, 0.15) is 6.61 Å². The van der Waals surface area contributed by atoms with E-state index in [9.17, 15) is 4.79 Å². The minimum Gasteiger partial charge on any atom is -0.375 e. The number of rotatable bonds is 6. The van der Waals surface area contributed by atoms with E-state index in [1.54, 1.807) is 12.3 Å². The second-order valence-corrected chi connectivity index (χ2v) is 9.96. The van der Waals surface area contributed by atoms with Gasteiger partial charge in [0.2, 0.25) is 5.91 Å². The molecule has 1 saturated heterocycles. The molecule has 2 atom stereocenters. The fraction of sp³-hybridized carbons (Fsp3) is 0.320. The molecule has 1 aliphatic rings. The van der Waals surface area contributed by atoms with Crippen LogP contribution < -0.4 is 15.5 Å². The molecule has 0 spiro atoms. The Kier molecular flexibility index (Phi) is 6.93. The van der Waals surface area contributed by atoms with Crippen molar-refractivity contribution in [2.24, 2.45) is 0 Å². The summed E-state index contributed by atoms with van der Waals surface area (Å²) in [5, 5.41) is 7.21. The monoisotopic (exact) mass is 497 g/mol. The van der Waals surface area contributed by atoms with Crippen LogP contribution in [0.1, 0.15) is 44.1 Å². The first-order chi connectivity index (χ1) is 16.2. The van der Waals surface area contributed by atoms with Gasteiger partial charge in [-0.15, -0.1) is 0 Å². The summed E-state index contributed by atoms with van der Waals surface area (Å²) in [5.74, 6) is -0.271. The van der Waals surface area contributed by atoms with E-state index in [0.29, 0.717) is 15.8 Å². The zero-order valence-electron chi connectivity index (χ0n) is 19.6. The number of hydrogen-bond acceptors (Lipinski definition) is 4. The van der Waals surface area contributed by atoms with Crippen LogP contribution in [-0.2, 0) is 15.1 Å². The lowest BCUT2D eigenvalue weighted by Gasteiger charge is -2.28. The van der Waals surface area contributed by atoms with Gasteiger partial charge in [0.15, 0.2) is 5.11 Å². The molecule has 0 saturated carbocycles. The van der Waals surface area contributed by atoms with Gasteiger partial charge in [-0.2, -0.15) is 0 Å². The number of carbonyl (C=O) groups excluding carboxylic acids is 1. The van der Waals surface area contributed by atoms with Gasteiger partial charge in [0.05, 0.1) is 28.5 Å². The summed E-state index contributed by atoms with van der Waals surface area (Å²) in [6.45, 7) is 6.45. The van der Waals surface area contributed by atoms with Crippen LogP contribution in [-0.4, -0.2) is 34.3 Å². The van der Waals surface area contributed by atoms with Crippen LogP contribution in [0.2, 0.25) is 5.02 Å². The van der Waals surface area contributed by atoms with Gasteiger partial charge in [-0.25, -0.2) is 0 Å². The minimum absolute atomic E-state index is 0.0448. The smallest absolute Gasteiger partial charge is 0.250 e. The summed E-state index contributed by atoms with van der Waals surface area (Å²) >= 11 is 12.3. The number of hydrogen-bond donors (Lipinski definition) is 2. The highest BCUT2D eigenvalue weighted by Crippen LogP contribution is 2.43. The van der Waals surface area contributed by atoms with Crippen molar-refractivity contribution in [3.05, 3.63) is 77.3 Å². The molecular weight excluding hydrogens is 470 g/mol. The van der Waals surface area contributed by atoms with Crippen LogP contribution in [0.15, 0.2) is 61.1 Å². The van der Waals surface area contributed by atoms with Crippen molar-refractivity contribution in [3.63, 3.8) is 0 Å².